The first-order valence-corrected chi connectivity index (χ1v) is 6.85. The predicted molar refractivity (Wildman–Crippen MR) is 74.6 cm³/mol. The van der Waals surface area contributed by atoms with E-state index in [1.807, 2.05) is 0 Å². The molecule has 1 aliphatic heterocycles. The smallest absolute Gasteiger partial charge is 0.0511 e. The molecule has 1 aromatic rings. The van der Waals surface area contributed by atoms with Crippen LogP contribution in [0.2, 0.25) is 0 Å². The molecular weight excluding hydrogens is 280 g/mol. The fraction of sp³-hybridized carbons (Fsp3) is 0.538. The first kappa shape index (κ1) is 12.9. The van der Waals surface area contributed by atoms with Crippen molar-refractivity contribution < 1.29 is 5.11 Å². The fourth-order valence-electron chi connectivity index (χ4n) is 2.26. The molecule has 3 nitrogen and oxygen atoms in total. The molecule has 2 rings (SSSR count). The molecule has 94 valence electrons. The zero-order valence-corrected chi connectivity index (χ0v) is 11.7. The van der Waals surface area contributed by atoms with E-state index < -0.39 is 0 Å². The van der Waals surface area contributed by atoms with E-state index in [1.165, 1.54) is 11.3 Å². The van der Waals surface area contributed by atoms with Gasteiger partial charge in [-0.3, -0.25) is 0 Å². The van der Waals surface area contributed by atoms with E-state index >= 15 is 0 Å². The molecule has 0 spiro atoms. The average molecular weight is 299 g/mol. The van der Waals surface area contributed by atoms with Gasteiger partial charge in [0.15, 0.2) is 0 Å². The summed E-state index contributed by atoms with van der Waals surface area (Å²) in [7, 11) is 0. The number of benzene rings is 1. The van der Waals surface area contributed by atoms with Gasteiger partial charge in [-0.2, -0.15) is 0 Å². The van der Waals surface area contributed by atoms with E-state index in [0.29, 0.717) is 6.04 Å². The summed E-state index contributed by atoms with van der Waals surface area (Å²) in [6, 6.07) is 6.85. The van der Waals surface area contributed by atoms with Crippen molar-refractivity contribution in [2.75, 3.05) is 31.1 Å². The minimum absolute atomic E-state index is 0.251. The summed E-state index contributed by atoms with van der Waals surface area (Å²) in [4.78, 5) is 2.38. The zero-order valence-electron chi connectivity index (χ0n) is 10.1. The van der Waals surface area contributed by atoms with Crippen LogP contribution in [0.1, 0.15) is 12.0 Å². The molecular formula is C13H19BrN2O. The highest BCUT2D eigenvalue weighted by Crippen LogP contribution is 2.28. The third-order valence-corrected chi connectivity index (χ3v) is 3.81. The summed E-state index contributed by atoms with van der Waals surface area (Å²) in [5.41, 5.74) is 2.52. The standard InChI is InChI=1S/C13H19BrN2O/c1-10-2-3-13(12(14)8-10)16-6-5-15-11(9-16)4-7-17/h2-3,8,11,15,17H,4-7,9H2,1H3. The molecule has 1 aromatic carbocycles. The number of hydrogen-bond acceptors (Lipinski definition) is 3. The average Bonchev–Trinajstić information content (AvgIpc) is 2.29. The Labute approximate surface area is 111 Å². The largest absolute Gasteiger partial charge is 0.396 e. The van der Waals surface area contributed by atoms with Gasteiger partial charge in [0.1, 0.15) is 0 Å². The predicted octanol–water partition coefficient (Wildman–Crippen LogP) is 1.92. The monoisotopic (exact) mass is 298 g/mol. The SMILES string of the molecule is Cc1ccc(N2CCNC(CCO)C2)c(Br)c1. The zero-order chi connectivity index (χ0) is 12.3. The number of aliphatic hydroxyl groups is 1. The summed E-state index contributed by atoms with van der Waals surface area (Å²) < 4.78 is 1.15. The maximum absolute atomic E-state index is 9.00. The van der Waals surface area contributed by atoms with Crippen molar-refractivity contribution in [2.24, 2.45) is 0 Å². The number of nitrogens with one attached hydrogen (secondary N) is 1. The van der Waals surface area contributed by atoms with Crippen LogP contribution in [0.5, 0.6) is 0 Å². The number of rotatable bonds is 3. The third-order valence-electron chi connectivity index (χ3n) is 3.18. The van der Waals surface area contributed by atoms with Crippen molar-refractivity contribution >= 4 is 21.6 Å². The van der Waals surface area contributed by atoms with Gasteiger partial charge in [-0.25, -0.2) is 0 Å². The van der Waals surface area contributed by atoms with Gasteiger partial charge < -0.3 is 15.3 Å². The highest BCUT2D eigenvalue weighted by molar-refractivity contribution is 9.10. The van der Waals surface area contributed by atoms with Crippen molar-refractivity contribution in [2.45, 2.75) is 19.4 Å². The molecule has 1 saturated heterocycles. The number of aliphatic hydroxyl groups excluding tert-OH is 1. The van der Waals surface area contributed by atoms with Crippen LogP contribution in [0.15, 0.2) is 22.7 Å². The second-order valence-corrected chi connectivity index (χ2v) is 5.42. The van der Waals surface area contributed by atoms with E-state index in [4.69, 9.17) is 5.11 Å². The van der Waals surface area contributed by atoms with Crippen molar-refractivity contribution in [3.63, 3.8) is 0 Å². The summed E-state index contributed by atoms with van der Waals surface area (Å²) in [5, 5.41) is 12.4. The molecule has 0 aliphatic carbocycles. The van der Waals surface area contributed by atoms with Crippen LogP contribution >= 0.6 is 15.9 Å². The van der Waals surface area contributed by atoms with Crippen molar-refractivity contribution in [3.8, 4) is 0 Å². The summed E-state index contributed by atoms with van der Waals surface area (Å²) >= 11 is 3.63. The van der Waals surface area contributed by atoms with Gasteiger partial charge in [0, 0.05) is 36.8 Å². The Hall–Kier alpha value is -0.580. The maximum Gasteiger partial charge on any atom is 0.0511 e. The van der Waals surface area contributed by atoms with Gasteiger partial charge in [0.2, 0.25) is 0 Å². The molecule has 0 radical (unpaired) electrons. The number of piperazine rings is 1. The maximum atomic E-state index is 9.00. The minimum atomic E-state index is 0.251. The molecule has 0 bridgehead atoms. The van der Waals surface area contributed by atoms with Crippen molar-refractivity contribution in [1.82, 2.24) is 5.32 Å². The van der Waals surface area contributed by atoms with Gasteiger partial charge in [0.25, 0.3) is 0 Å². The van der Waals surface area contributed by atoms with Gasteiger partial charge in [-0.15, -0.1) is 0 Å². The summed E-state index contributed by atoms with van der Waals surface area (Å²) in [6.07, 6.45) is 0.819. The van der Waals surface area contributed by atoms with E-state index in [0.717, 1.165) is 30.5 Å². The van der Waals surface area contributed by atoms with E-state index in [-0.39, 0.29) is 6.61 Å². The normalized spacial score (nSPS) is 20.6. The Balaban J connectivity index is 2.10. The van der Waals surface area contributed by atoms with E-state index in [9.17, 15) is 0 Å². The number of aryl methyl sites for hydroxylation is 1. The molecule has 1 fully saturated rings. The molecule has 4 heteroatoms. The quantitative estimate of drug-likeness (QED) is 0.895. The molecule has 17 heavy (non-hydrogen) atoms. The molecule has 0 saturated carbocycles. The highest BCUT2D eigenvalue weighted by Gasteiger charge is 2.20. The molecule has 0 amide bonds. The van der Waals surface area contributed by atoms with Crippen LogP contribution in [0.25, 0.3) is 0 Å². The van der Waals surface area contributed by atoms with Crippen LogP contribution in [0, 0.1) is 6.92 Å². The van der Waals surface area contributed by atoms with Gasteiger partial charge in [0.05, 0.1) is 5.69 Å². The minimum Gasteiger partial charge on any atom is -0.396 e. The third kappa shape index (κ3) is 3.21. The molecule has 1 heterocycles. The topological polar surface area (TPSA) is 35.5 Å². The summed E-state index contributed by atoms with van der Waals surface area (Å²) in [6.45, 7) is 5.30. The summed E-state index contributed by atoms with van der Waals surface area (Å²) in [5.74, 6) is 0. The first-order chi connectivity index (χ1) is 8.20. The Morgan fingerprint density at radius 1 is 1.53 bits per heavy atom. The van der Waals surface area contributed by atoms with Crippen molar-refractivity contribution in [1.29, 1.82) is 0 Å². The lowest BCUT2D eigenvalue weighted by Gasteiger charge is -2.35. The number of anilines is 1. The fourth-order valence-corrected chi connectivity index (χ4v) is 3.01. The second kappa shape index (κ2) is 5.85. The van der Waals surface area contributed by atoms with Crippen molar-refractivity contribution in [3.05, 3.63) is 28.2 Å². The Bertz CT molecular complexity index is 382. The molecule has 1 unspecified atom stereocenters. The number of hydrogen-bond donors (Lipinski definition) is 2. The lowest BCUT2D eigenvalue weighted by molar-refractivity contribution is 0.260. The van der Waals surface area contributed by atoms with Gasteiger partial charge in [-0.05, 0) is 47.0 Å². The lowest BCUT2D eigenvalue weighted by atomic mass is 10.1. The number of nitrogens with zero attached hydrogens (tertiary/aromatic N) is 1. The second-order valence-electron chi connectivity index (χ2n) is 4.56. The van der Waals surface area contributed by atoms with Crippen LogP contribution in [-0.2, 0) is 0 Å². The van der Waals surface area contributed by atoms with E-state index in [2.05, 4.69) is 51.3 Å². The molecule has 1 aliphatic rings. The molecule has 0 aromatic heterocycles. The Kier molecular flexibility index (Phi) is 4.42. The van der Waals surface area contributed by atoms with Gasteiger partial charge in [-0.1, -0.05) is 6.07 Å². The van der Waals surface area contributed by atoms with Crippen LogP contribution in [0.3, 0.4) is 0 Å². The van der Waals surface area contributed by atoms with Gasteiger partial charge >= 0.3 is 0 Å². The Morgan fingerprint density at radius 2 is 2.35 bits per heavy atom. The first-order valence-electron chi connectivity index (χ1n) is 6.06. The highest BCUT2D eigenvalue weighted by atomic mass is 79.9. The lowest BCUT2D eigenvalue weighted by Crippen LogP contribution is -2.51. The van der Waals surface area contributed by atoms with Crippen LogP contribution in [-0.4, -0.2) is 37.4 Å². The molecule has 1 atom stereocenters. The van der Waals surface area contributed by atoms with E-state index in [1.54, 1.807) is 0 Å². The number of halogens is 1. The van der Waals surface area contributed by atoms with Crippen LogP contribution < -0.4 is 10.2 Å². The van der Waals surface area contributed by atoms with Crippen LogP contribution in [0.4, 0.5) is 5.69 Å². The Morgan fingerprint density at radius 3 is 3.06 bits per heavy atom. The molecule has 2 N–H and O–H groups in total.